The average Bonchev–Trinajstić information content (AvgIpc) is 3.37. The van der Waals surface area contributed by atoms with Gasteiger partial charge in [0.25, 0.3) is 5.91 Å². The second-order valence-corrected chi connectivity index (χ2v) is 8.60. The fourth-order valence-electron chi connectivity index (χ4n) is 4.50. The highest BCUT2D eigenvalue weighted by Crippen LogP contribution is 2.31. The molecule has 2 aliphatic rings. The Morgan fingerprint density at radius 1 is 1.23 bits per heavy atom. The number of likely N-dealkylation sites (tertiary alicyclic amines) is 1. The van der Waals surface area contributed by atoms with E-state index >= 15 is 0 Å². The van der Waals surface area contributed by atoms with E-state index in [1.165, 1.54) is 19.2 Å². The largest absolute Gasteiger partial charge is 0.494 e. The Labute approximate surface area is 202 Å². The SMILES string of the molecule is CNC(=O)N1CCC(C2CON=C2c2cc(C(=O)NCc3ccc(F)c(OC)c3)nc(C)n2)CC1. The molecule has 2 N–H and O–H groups in total. The van der Waals surface area contributed by atoms with E-state index in [0.29, 0.717) is 42.5 Å². The standard InChI is InChI=1S/C24H29FN6O4/c1-14-28-19(22-17(13-35-30-22)16-6-8-31(9-7-16)24(33)26-2)11-20(29-14)23(32)27-12-15-4-5-18(25)21(10-15)34-3/h4-5,10-11,16-17H,6-9,12-13H2,1-3H3,(H,26,33)(H,27,32). The highest BCUT2D eigenvalue weighted by atomic mass is 19.1. The van der Waals surface area contributed by atoms with Gasteiger partial charge < -0.3 is 25.1 Å². The smallest absolute Gasteiger partial charge is 0.317 e. The number of hydrogen-bond acceptors (Lipinski definition) is 7. The van der Waals surface area contributed by atoms with Crippen LogP contribution in [-0.4, -0.2) is 66.4 Å². The molecule has 11 heteroatoms. The summed E-state index contributed by atoms with van der Waals surface area (Å²) in [7, 11) is 3.02. The third kappa shape index (κ3) is 5.50. The molecular formula is C24H29FN6O4. The van der Waals surface area contributed by atoms with Crippen LogP contribution in [-0.2, 0) is 11.4 Å². The number of hydrogen-bond donors (Lipinski definition) is 2. The number of carbonyl (C=O) groups excluding carboxylic acids is 2. The molecule has 3 heterocycles. The molecule has 1 aromatic carbocycles. The first-order valence-electron chi connectivity index (χ1n) is 11.5. The van der Waals surface area contributed by atoms with Crippen molar-refractivity contribution in [2.45, 2.75) is 26.3 Å². The summed E-state index contributed by atoms with van der Waals surface area (Å²) in [6, 6.07) is 5.97. The number of urea groups is 1. The number of rotatable bonds is 6. The molecule has 186 valence electrons. The zero-order chi connectivity index (χ0) is 24.9. The number of methoxy groups -OCH3 is 1. The molecule has 3 amide bonds. The molecule has 1 saturated heterocycles. The van der Waals surface area contributed by atoms with E-state index in [1.54, 1.807) is 31.0 Å². The maximum Gasteiger partial charge on any atom is 0.317 e. The van der Waals surface area contributed by atoms with Gasteiger partial charge in [-0.25, -0.2) is 19.2 Å². The van der Waals surface area contributed by atoms with Crippen LogP contribution in [0.15, 0.2) is 29.4 Å². The summed E-state index contributed by atoms with van der Waals surface area (Å²) in [5.41, 5.74) is 2.16. The molecule has 10 nitrogen and oxygen atoms in total. The normalized spacial score (nSPS) is 18.0. The highest BCUT2D eigenvalue weighted by Gasteiger charge is 2.36. The number of benzene rings is 1. The van der Waals surface area contributed by atoms with Crippen LogP contribution >= 0.6 is 0 Å². The van der Waals surface area contributed by atoms with E-state index in [1.807, 2.05) is 0 Å². The Bertz CT molecular complexity index is 1130. The molecule has 2 aromatic rings. The Balaban J connectivity index is 1.45. The zero-order valence-electron chi connectivity index (χ0n) is 20.0. The van der Waals surface area contributed by atoms with Crippen molar-refractivity contribution in [3.63, 3.8) is 0 Å². The number of nitrogens with zero attached hydrogens (tertiary/aromatic N) is 4. The number of aromatic nitrogens is 2. The van der Waals surface area contributed by atoms with Gasteiger partial charge in [-0.05, 0) is 49.4 Å². The zero-order valence-corrected chi connectivity index (χ0v) is 20.0. The molecule has 1 aromatic heterocycles. The first kappa shape index (κ1) is 24.4. The van der Waals surface area contributed by atoms with E-state index in [9.17, 15) is 14.0 Å². The minimum Gasteiger partial charge on any atom is -0.494 e. The topological polar surface area (TPSA) is 118 Å². The van der Waals surface area contributed by atoms with Crippen LogP contribution in [0.1, 0.15) is 40.4 Å². The van der Waals surface area contributed by atoms with Crippen LogP contribution in [0.4, 0.5) is 9.18 Å². The number of ether oxygens (including phenoxy) is 1. The Kier molecular flexibility index (Phi) is 7.42. The van der Waals surface area contributed by atoms with Crippen molar-refractivity contribution in [1.29, 1.82) is 0 Å². The van der Waals surface area contributed by atoms with Crippen LogP contribution < -0.4 is 15.4 Å². The van der Waals surface area contributed by atoms with Crippen molar-refractivity contribution < 1.29 is 23.6 Å². The molecule has 1 unspecified atom stereocenters. The van der Waals surface area contributed by atoms with Gasteiger partial charge in [0.15, 0.2) is 11.6 Å². The predicted octanol–water partition coefficient (Wildman–Crippen LogP) is 2.26. The van der Waals surface area contributed by atoms with Crippen molar-refractivity contribution in [2.75, 3.05) is 33.9 Å². The molecular weight excluding hydrogens is 455 g/mol. The maximum absolute atomic E-state index is 13.6. The number of oxime groups is 1. The Morgan fingerprint density at radius 3 is 2.71 bits per heavy atom. The summed E-state index contributed by atoms with van der Waals surface area (Å²) in [5, 5.41) is 9.72. The number of carbonyl (C=O) groups is 2. The Morgan fingerprint density at radius 2 is 2.00 bits per heavy atom. The molecule has 1 fully saturated rings. The molecule has 1 atom stereocenters. The third-order valence-corrected chi connectivity index (χ3v) is 6.38. The van der Waals surface area contributed by atoms with Crippen molar-refractivity contribution in [1.82, 2.24) is 25.5 Å². The minimum absolute atomic E-state index is 0.0266. The van der Waals surface area contributed by atoms with Crippen LogP contribution in [0.25, 0.3) is 0 Å². The van der Waals surface area contributed by atoms with E-state index in [0.717, 1.165) is 12.8 Å². The lowest BCUT2D eigenvalue weighted by molar-refractivity contribution is 0.0945. The Hall–Kier alpha value is -3.76. The molecule has 0 radical (unpaired) electrons. The van der Waals surface area contributed by atoms with Crippen molar-refractivity contribution >= 4 is 17.6 Å². The summed E-state index contributed by atoms with van der Waals surface area (Å²) in [5.74, 6) is 0.0289. The second-order valence-electron chi connectivity index (χ2n) is 8.60. The fraction of sp³-hybridized carbons (Fsp3) is 0.458. The van der Waals surface area contributed by atoms with Gasteiger partial charge in [0.05, 0.1) is 12.8 Å². The molecule has 0 aliphatic carbocycles. The first-order valence-corrected chi connectivity index (χ1v) is 11.5. The van der Waals surface area contributed by atoms with Gasteiger partial charge >= 0.3 is 6.03 Å². The monoisotopic (exact) mass is 484 g/mol. The van der Waals surface area contributed by atoms with Crippen molar-refractivity contribution in [3.8, 4) is 5.75 Å². The van der Waals surface area contributed by atoms with Crippen LogP contribution in [0, 0.1) is 24.6 Å². The van der Waals surface area contributed by atoms with Gasteiger partial charge in [-0.15, -0.1) is 0 Å². The highest BCUT2D eigenvalue weighted by molar-refractivity contribution is 6.03. The lowest BCUT2D eigenvalue weighted by Gasteiger charge is -2.34. The summed E-state index contributed by atoms with van der Waals surface area (Å²) < 4.78 is 18.6. The molecule has 0 bridgehead atoms. The van der Waals surface area contributed by atoms with Crippen LogP contribution in [0.2, 0.25) is 0 Å². The fourth-order valence-corrected chi connectivity index (χ4v) is 4.50. The lowest BCUT2D eigenvalue weighted by atomic mass is 9.81. The van der Waals surface area contributed by atoms with E-state index in [2.05, 4.69) is 25.8 Å². The van der Waals surface area contributed by atoms with Gasteiger partial charge in [-0.2, -0.15) is 0 Å². The number of amides is 3. The number of aryl methyl sites for hydroxylation is 1. The molecule has 2 aliphatic heterocycles. The van der Waals surface area contributed by atoms with Gasteiger partial charge in [-0.1, -0.05) is 11.2 Å². The minimum atomic E-state index is -0.466. The average molecular weight is 485 g/mol. The van der Waals surface area contributed by atoms with Crippen molar-refractivity contribution in [2.24, 2.45) is 17.0 Å². The van der Waals surface area contributed by atoms with Gasteiger partial charge in [-0.3, -0.25) is 4.79 Å². The summed E-state index contributed by atoms with van der Waals surface area (Å²) in [6.45, 7) is 3.68. The lowest BCUT2D eigenvalue weighted by Crippen LogP contribution is -2.45. The number of halogens is 1. The first-order chi connectivity index (χ1) is 16.9. The van der Waals surface area contributed by atoms with Gasteiger partial charge in [0.1, 0.15) is 23.8 Å². The number of nitrogens with one attached hydrogen (secondary N) is 2. The van der Waals surface area contributed by atoms with Gasteiger partial charge in [0.2, 0.25) is 0 Å². The molecule has 4 rings (SSSR count). The molecule has 0 spiro atoms. The van der Waals surface area contributed by atoms with E-state index < -0.39 is 5.82 Å². The van der Waals surface area contributed by atoms with Gasteiger partial charge in [0, 0.05) is 32.6 Å². The number of piperidine rings is 1. The molecule has 0 saturated carbocycles. The van der Waals surface area contributed by atoms with E-state index in [-0.39, 0.29) is 41.8 Å². The summed E-state index contributed by atoms with van der Waals surface area (Å²) in [4.78, 5) is 40.8. The summed E-state index contributed by atoms with van der Waals surface area (Å²) in [6.07, 6.45) is 1.66. The quantitative estimate of drug-likeness (QED) is 0.650. The van der Waals surface area contributed by atoms with Crippen molar-refractivity contribution in [3.05, 3.63) is 52.9 Å². The van der Waals surface area contributed by atoms with E-state index in [4.69, 9.17) is 9.57 Å². The second kappa shape index (κ2) is 10.7. The summed E-state index contributed by atoms with van der Waals surface area (Å²) >= 11 is 0. The van der Waals surface area contributed by atoms with Crippen LogP contribution in [0.3, 0.4) is 0 Å². The van der Waals surface area contributed by atoms with Crippen LogP contribution in [0.5, 0.6) is 5.75 Å². The maximum atomic E-state index is 13.6. The molecule has 35 heavy (non-hydrogen) atoms. The predicted molar refractivity (Wildman–Crippen MR) is 126 cm³/mol. The third-order valence-electron chi connectivity index (χ3n) is 6.38.